The van der Waals surface area contributed by atoms with Gasteiger partial charge in [-0.15, -0.1) is 0 Å². The maximum atomic E-state index is 11.1. The minimum Gasteiger partial charge on any atom is -0.383 e. The van der Waals surface area contributed by atoms with Gasteiger partial charge in [0, 0.05) is 24.5 Å². The van der Waals surface area contributed by atoms with Gasteiger partial charge in [0.1, 0.15) is 0 Å². The van der Waals surface area contributed by atoms with E-state index in [4.69, 9.17) is 0 Å². The minimum atomic E-state index is -0.205. The number of rotatable bonds is 5. The van der Waals surface area contributed by atoms with Crippen LogP contribution in [0.15, 0.2) is 24.3 Å². The number of anilines is 2. The first-order chi connectivity index (χ1) is 8.51. The molecule has 18 heavy (non-hydrogen) atoms. The maximum absolute atomic E-state index is 11.1. The Morgan fingerprint density at radius 1 is 1.11 bits per heavy atom. The van der Waals surface area contributed by atoms with Gasteiger partial charge in [0.25, 0.3) is 0 Å². The molecule has 0 saturated carbocycles. The summed E-state index contributed by atoms with van der Waals surface area (Å²) in [7, 11) is 1.60. The molecule has 0 fully saturated rings. The molecule has 2 amide bonds. The molecule has 0 saturated heterocycles. The molecule has 0 aromatic heterocycles. The van der Waals surface area contributed by atoms with Crippen molar-refractivity contribution in [2.24, 2.45) is 5.92 Å². The van der Waals surface area contributed by atoms with Crippen LogP contribution in [0.1, 0.15) is 27.2 Å². The smallest absolute Gasteiger partial charge is 0.318 e. The maximum Gasteiger partial charge on any atom is 0.318 e. The summed E-state index contributed by atoms with van der Waals surface area (Å²) in [5.41, 5.74) is 1.86. The molecular formula is C14H23N3O. The second-order valence-corrected chi connectivity index (χ2v) is 4.96. The number of benzene rings is 1. The highest BCUT2D eigenvalue weighted by Crippen LogP contribution is 2.16. The van der Waals surface area contributed by atoms with Crippen molar-refractivity contribution in [1.82, 2.24) is 5.32 Å². The molecule has 0 spiro atoms. The molecule has 100 valence electrons. The van der Waals surface area contributed by atoms with Gasteiger partial charge in [0.15, 0.2) is 0 Å². The standard InChI is InChI=1S/C14H23N3O/c1-10(2)9-11(3)16-12-5-7-13(8-6-12)17-14(18)15-4/h5-8,10-11,16H,9H2,1-4H3,(H2,15,17,18). The molecule has 0 aliphatic rings. The zero-order chi connectivity index (χ0) is 13.5. The Kier molecular flexibility index (Phi) is 5.49. The third-order valence-corrected chi connectivity index (χ3v) is 2.61. The van der Waals surface area contributed by atoms with Crippen LogP contribution >= 0.6 is 0 Å². The summed E-state index contributed by atoms with van der Waals surface area (Å²) in [6, 6.07) is 7.97. The van der Waals surface area contributed by atoms with Gasteiger partial charge in [-0.05, 0) is 43.5 Å². The van der Waals surface area contributed by atoms with Crippen LogP contribution in [0.3, 0.4) is 0 Å². The van der Waals surface area contributed by atoms with Crippen LogP contribution in [0.2, 0.25) is 0 Å². The molecular weight excluding hydrogens is 226 g/mol. The molecule has 0 radical (unpaired) electrons. The first kappa shape index (κ1) is 14.4. The molecule has 0 heterocycles. The van der Waals surface area contributed by atoms with Gasteiger partial charge in [0.2, 0.25) is 0 Å². The number of urea groups is 1. The van der Waals surface area contributed by atoms with E-state index in [1.165, 1.54) is 0 Å². The van der Waals surface area contributed by atoms with Crippen molar-refractivity contribution in [2.45, 2.75) is 33.2 Å². The minimum absolute atomic E-state index is 0.205. The molecule has 1 aromatic carbocycles. The van der Waals surface area contributed by atoms with Crippen LogP contribution < -0.4 is 16.0 Å². The van der Waals surface area contributed by atoms with Crippen molar-refractivity contribution in [3.05, 3.63) is 24.3 Å². The van der Waals surface area contributed by atoms with E-state index < -0.39 is 0 Å². The summed E-state index contributed by atoms with van der Waals surface area (Å²) in [5, 5.41) is 8.68. The number of amides is 2. The van der Waals surface area contributed by atoms with Crippen LogP contribution in [-0.4, -0.2) is 19.1 Å². The van der Waals surface area contributed by atoms with Crippen molar-refractivity contribution in [3.8, 4) is 0 Å². The molecule has 0 aliphatic carbocycles. The highest BCUT2D eigenvalue weighted by molar-refractivity contribution is 5.89. The fourth-order valence-electron chi connectivity index (χ4n) is 1.89. The van der Waals surface area contributed by atoms with E-state index in [9.17, 15) is 4.79 Å². The van der Waals surface area contributed by atoms with Crippen molar-refractivity contribution < 1.29 is 4.79 Å². The van der Waals surface area contributed by atoms with Crippen molar-refractivity contribution in [2.75, 3.05) is 17.7 Å². The predicted molar refractivity (Wildman–Crippen MR) is 77.1 cm³/mol. The number of carbonyl (C=O) groups is 1. The molecule has 3 N–H and O–H groups in total. The van der Waals surface area contributed by atoms with E-state index in [1.807, 2.05) is 24.3 Å². The van der Waals surface area contributed by atoms with Crippen LogP contribution in [0, 0.1) is 5.92 Å². The summed E-state index contributed by atoms with van der Waals surface area (Å²) >= 11 is 0. The van der Waals surface area contributed by atoms with Gasteiger partial charge in [0.05, 0.1) is 0 Å². The average Bonchev–Trinajstić information content (AvgIpc) is 2.30. The van der Waals surface area contributed by atoms with E-state index >= 15 is 0 Å². The van der Waals surface area contributed by atoms with Crippen LogP contribution in [0.25, 0.3) is 0 Å². The number of hydrogen-bond donors (Lipinski definition) is 3. The summed E-state index contributed by atoms with van der Waals surface area (Å²) < 4.78 is 0. The fourth-order valence-corrected chi connectivity index (χ4v) is 1.89. The van der Waals surface area contributed by atoms with Gasteiger partial charge in [-0.25, -0.2) is 4.79 Å². The molecule has 0 bridgehead atoms. The molecule has 4 nitrogen and oxygen atoms in total. The molecule has 1 unspecified atom stereocenters. The summed E-state index contributed by atoms with van der Waals surface area (Å²) in [5.74, 6) is 0.682. The molecule has 1 rings (SSSR count). The lowest BCUT2D eigenvalue weighted by Gasteiger charge is -2.17. The van der Waals surface area contributed by atoms with Gasteiger partial charge >= 0.3 is 6.03 Å². The zero-order valence-electron chi connectivity index (χ0n) is 11.6. The Morgan fingerprint density at radius 2 is 1.67 bits per heavy atom. The SMILES string of the molecule is CNC(=O)Nc1ccc(NC(C)CC(C)C)cc1. The Bertz CT molecular complexity index is 373. The number of hydrogen-bond acceptors (Lipinski definition) is 2. The highest BCUT2D eigenvalue weighted by Gasteiger charge is 2.05. The summed E-state index contributed by atoms with van der Waals surface area (Å²) in [6.07, 6.45) is 1.14. The quantitative estimate of drug-likeness (QED) is 0.750. The average molecular weight is 249 g/mol. The van der Waals surface area contributed by atoms with Crippen molar-refractivity contribution in [3.63, 3.8) is 0 Å². The van der Waals surface area contributed by atoms with E-state index in [0.717, 1.165) is 17.8 Å². The zero-order valence-corrected chi connectivity index (χ0v) is 11.6. The lowest BCUT2D eigenvalue weighted by Crippen LogP contribution is -2.24. The Balaban J connectivity index is 2.52. The lowest BCUT2D eigenvalue weighted by molar-refractivity contribution is 0.254. The summed E-state index contributed by atoms with van der Waals surface area (Å²) in [4.78, 5) is 11.1. The van der Waals surface area contributed by atoms with E-state index in [0.29, 0.717) is 12.0 Å². The Hall–Kier alpha value is -1.71. The summed E-state index contributed by atoms with van der Waals surface area (Å²) in [6.45, 7) is 6.61. The van der Waals surface area contributed by atoms with Crippen molar-refractivity contribution >= 4 is 17.4 Å². The van der Waals surface area contributed by atoms with E-state index in [2.05, 4.69) is 36.7 Å². The second-order valence-electron chi connectivity index (χ2n) is 4.96. The Labute approximate surface area is 109 Å². The van der Waals surface area contributed by atoms with Crippen LogP contribution in [-0.2, 0) is 0 Å². The topological polar surface area (TPSA) is 53.2 Å². The predicted octanol–water partition coefficient (Wildman–Crippen LogP) is 3.28. The molecule has 1 atom stereocenters. The monoisotopic (exact) mass is 249 g/mol. The molecule has 4 heteroatoms. The Morgan fingerprint density at radius 3 is 2.17 bits per heavy atom. The number of nitrogens with one attached hydrogen (secondary N) is 3. The first-order valence-corrected chi connectivity index (χ1v) is 6.36. The third kappa shape index (κ3) is 5.08. The van der Waals surface area contributed by atoms with Crippen LogP contribution in [0.5, 0.6) is 0 Å². The fraction of sp³-hybridized carbons (Fsp3) is 0.500. The normalized spacial score (nSPS) is 12.1. The van der Waals surface area contributed by atoms with Crippen LogP contribution in [0.4, 0.5) is 16.2 Å². The van der Waals surface area contributed by atoms with Gasteiger partial charge in [-0.2, -0.15) is 0 Å². The van der Waals surface area contributed by atoms with Gasteiger partial charge < -0.3 is 16.0 Å². The lowest BCUT2D eigenvalue weighted by atomic mass is 10.1. The van der Waals surface area contributed by atoms with Crippen molar-refractivity contribution in [1.29, 1.82) is 0 Å². The van der Waals surface area contributed by atoms with E-state index in [-0.39, 0.29) is 6.03 Å². The molecule has 1 aromatic rings. The third-order valence-electron chi connectivity index (χ3n) is 2.61. The van der Waals surface area contributed by atoms with Gasteiger partial charge in [-0.3, -0.25) is 0 Å². The van der Waals surface area contributed by atoms with E-state index in [1.54, 1.807) is 7.05 Å². The largest absolute Gasteiger partial charge is 0.383 e. The highest BCUT2D eigenvalue weighted by atomic mass is 16.2. The second kappa shape index (κ2) is 6.89. The van der Waals surface area contributed by atoms with Gasteiger partial charge in [-0.1, -0.05) is 13.8 Å². The molecule has 0 aliphatic heterocycles. The number of carbonyl (C=O) groups excluding carboxylic acids is 1. The first-order valence-electron chi connectivity index (χ1n) is 6.36.